The summed E-state index contributed by atoms with van der Waals surface area (Å²) < 4.78 is 0. The second-order valence-electron chi connectivity index (χ2n) is 1.66. The summed E-state index contributed by atoms with van der Waals surface area (Å²) in [7, 11) is 0. The number of hydrogen-bond acceptors (Lipinski definition) is 3. The van der Waals surface area contributed by atoms with Crippen LogP contribution in [-0.4, -0.2) is 30.1 Å². The van der Waals surface area contributed by atoms with E-state index in [9.17, 15) is 9.59 Å². The van der Waals surface area contributed by atoms with Gasteiger partial charge in [0.25, 0.3) is 5.91 Å². The Labute approximate surface area is 51.8 Å². The molecule has 1 aliphatic heterocycles. The van der Waals surface area contributed by atoms with Crippen LogP contribution in [0, 0.1) is 0 Å². The van der Waals surface area contributed by atoms with Gasteiger partial charge in [0.2, 0.25) is 0 Å². The molecule has 0 bridgehead atoms. The number of rotatable bonds is 1. The van der Waals surface area contributed by atoms with Crippen molar-refractivity contribution in [2.24, 2.45) is 5.73 Å². The average molecular weight is 129 g/mol. The zero-order chi connectivity index (χ0) is 6.85. The van der Waals surface area contributed by atoms with Gasteiger partial charge in [-0.15, -0.1) is 0 Å². The highest BCUT2D eigenvalue weighted by Gasteiger charge is 2.26. The van der Waals surface area contributed by atoms with E-state index in [0.29, 0.717) is 0 Å². The summed E-state index contributed by atoms with van der Waals surface area (Å²) in [6.45, 7) is 0.0424. The van der Waals surface area contributed by atoms with Crippen LogP contribution in [0.3, 0.4) is 0 Å². The van der Waals surface area contributed by atoms with Gasteiger partial charge in [-0.1, -0.05) is 0 Å². The first-order chi connectivity index (χ1) is 4.25. The molecule has 0 aromatic heterocycles. The van der Waals surface area contributed by atoms with E-state index >= 15 is 0 Å². The first kappa shape index (κ1) is 6.03. The summed E-state index contributed by atoms with van der Waals surface area (Å²) in [5.74, 6) is -0.262. The molecular formula is C4H7N3O2. The van der Waals surface area contributed by atoms with Gasteiger partial charge < -0.3 is 11.1 Å². The SMILES string of the molecule is NCN1C(=O)CNC1=O. The normalized spacial score (nSPS) is 18.6. The number of nitrogens with zero attached hydrogens (tertiary/aromatic N) is 1. The van der Waals surface area contributed by atoms with Crippen LogP contribution in [0.4, 0.5) is 4.79 Å². The maximum atomic E-state index is 10.6. The Morgan fingerprint density at radius 2 is 2.33 bits per heavy atom. The van der Waals surface area contributed by atoms with Crippen molar-refractivity contribution in [2.45, 2.75) is 0 Å². The topological polar surface area (TPSA) is 75.4 Å². The van der Waals surface area contributed by atoms with Gasteiger partial charge in [0, 0.05) is 0 Å². The van der Waals surface area contributed by atoms with Gasteiger partial charge in [0.1, 0.15) is 0 Å². The lowest BCUT2D eigenvalue weighted by Crippen LogP contribution is -2.35. The number of hydrogen-bond donors (Lipinski definition) is 2. The molecule has 1 aliphatic rings. The fourth-order valence-corrected chi connectivity index (χ4v) is 0.640. The van der Waals surface area contributed by atoms with Crippen LogP contribution >= 0.6 is 0 Å². The highest BCUT2D eigenvalue weighted by Crippen LogP contribution is 1.93. The van der Waals surface area contributed by atoms with Crippen LogP contribution in [-0.2, 0) is 4.79 Å². The van der Waals surface area contributed by atoms with Crippen molar-refractivity contribution in [3.8, 4) is 0 Å². The van der Waals surface area contributed by atoms with Gasteiger partial charge in [-0.3, -0.25) is 4.79 Å². The summed E-state index contributed by atoms with van der Waals surface area (Å²) in [5, 5.41) is 2.33. The van der Waals surface area contributed by atoms with Gasteiger partial charge in [0.15, 0.2) is 0 Å². The van der Waals surface area contributed by atoms with Crippen molar-refractivity contribution < 1.29 is 9.59 Å². The van der Waals surface area contributed by atoms with Crippen molar-refractivity contribution in [1.82, 2.24) is 10.2 Å². The number of imide groups is 1. The lowest BCUT2D eigenvalue weighted by Gasteiger charge is -2.05. The number of nitrogens with two attached hydrogens (primary N) is 1. The molecule has 0 aromatic carbocycles. The van der Waals surface area contributed by atoms with E-state index in [4.69, 9.17) is 5.73 Å². The Hall–Kier alpha value is -1.10. The summed E-state index contributed by atoms with van der Waals surface area (Å²) in [4.78, 5) is 22.1. The second-order valence-corrected chi connectivity index (χ2v) is 1.66. The maximum Gasteiger partial charge on any atom is 0.325 e. The highest BCUT2D eigenvalue weighted by molar-refractivity contribution is 6.01. The molecule has 0 aliphatic carbocycles. The Bertz CT molecular complexity index is 140. The fourth-order valence-electron chi connectivity index (χ4n) is 0.640. The largest absolute Gasteiger partial charge is 0.328 e. The molecule has 0 aromatic rings. The van der Waals surface area contributed by atoms with Crippen molar-refractivity contribution in [1.29, 1.82) is 0 Å². The second kappa shape index (κ2) is 2.02. The Morgan fingerprint density at radius 1 is 1.67 bits per heavy atom. The molecule has 0 unspecified atom stereocenters. The molecule has 3 N–H and O–H groups in total. The molecule has 1 fully saturated rings. The fraction of sp³-hybridized carbons (Fsp3) is 0.500. The van der Waals surface area contributed by atoms with E-state index in [0.717, 1.165) is 4.90 Å². The third kappa shape index (κ3) is 0.857. The Morgan fingerprint density at radius 3 is 2.56 bits per heavy atom. The van der Waals surface area contributed by atoms with E-state index in [1.807, 2.05) is 0 Å². The number of carbonyl (C=O) groups excluding carboxylic acids is 2. The van der Waals surface area contributed by atoms with Crippen LogP contribution in [0.25, 0.3) is 0 Å². The lowest BCUT2D eigenvalue weighted by molar-refractivity contribution is -0.124. The molecule has 0 radical (unpaired) electrons. The Kier molecular flexibility index (Phi) is 1.35. The number of amides is 3. The molecule has 1 saturated heterocycles. The van der Waals surface area contributed by atoms with Gasteiger partial charge in [-0.05, 0) is 0 Å². The zero-order valence-corrected chi connectivity index (χ0v) is 4.76. The molecule has 50 valence electrons. The first-order valence-electron chi connectivity index (χ1n) is 2.54. The predicted molar refractivity (Wildman–Crippen MR) is 29.3 cm³/mol. The molecule has 5 heteroatoms. The van der Waals surface area contributed by atoms with Gasteiger partial charge in [-0.25, -0.2) is 9.69 Å². The molecule has 0 atom stereocenters. The highest BCUT2D eigenvalue weighted by atomic mass is 16.2. The van der Waals surface area contributed by atoms with Crippen LogP contribution in [0.1, 0.15) is 0 Å². The molecule has 0 saturated carbocycles. The van der Waals surface area contributed by atoms with E-state index < -0.39 is 6.03 Å². The van der Waals surface area contributed by atoms with Crippen LogP contribution < -0.4 is 11.1 Å². The minimum atomic E-state index is -0.400. The monoisotopic (exact) mass is 129 g/mol. The van der Waals surface area contributed by atoms with Gasteiger partial charge in [0.05, 0.1) is 13.2 Å². The summed E-state index contributed by atoms with van der Waals surface area (Å²) in [6.07, 6.45) is 0. The number of carbonyl (C=O) groups is 2. The smallest absolute Gasteiger partial charge is 0.325 e. The quantitative estimate of drug-likeness (QED) is 0.421. The van der Waals surface area contributed by atoms with Crippen LogP contribution in [0.15, 0.2) is 0 Å². The third-order valence-corrected chi connectivity index (χ3v) is 1.12. The summed E-state index contributed by atoms with van der Waals surface area (Å²) in [5.41, 5.74) is 5.06. The molecule has 3 amide bonds. The Balaban J connectivity index is 2.66. The van der Waals surface area contributed by atoms with Crippen molar-refractivity contribution in [3.63, 3.8) is 0 Å². The van der Waals surface area contributed by atoms with E-state index in [1.165, 1.54) is 0 Å². The zero-order valence-electron chi connectivity index (χ0n) is 4.76. The van der Waals surface area contributed by atoms with Crippen molar-refractivity contribution >= 4 is 11.9 Å². The number of nitrogens with one attached hydrogen (secondary N) is 1. The van der Waals surface area contributed by atoms with E-state index in [-0.39, 0.29) is 19.1 Å². The molecule has 1 rings (SSSR count). The van der Waals surface area contributed by atoms with E-state index in [2.05, 4.69) is 5.32 Å². The standard InChI is InChI=1S/C4H7N3O2/c5-2-7-3(8)1-6-4(7)9/h1-2,5H2,(H,6,9). The lowest BCUT2D eigenvalue weighted by atomic mass is 10.6. The maximum absolute atomic E-state index is 10.6. The molecule has 1 heterocycles. The molecule has 9 heavy (non-hydrogen) atoms. The first-order valence-corrected chi connectivity index (χ1v) is 2.54. The minimum absolute atomic E-state index is 0.0370. The molecule has 5 nitrogen and oxygen atoms in total. The third-order valence-electron chi connectivity index (χ3n) is 1.12. The van der Waals surface area contributed by atoms with Gasteiger partial charge >= 0.3 is 6.03 Å². The van der Waals surface area contributed by atoms with Crippen molar-refractivity contribution in [3.05, 3.63) is 0 Å². The molecular weight excluding hydrogens is 122 g/mol. The van der Waals surface area contributed by atoms with Crippen molar-refractivity contribution in [2.75, 3.05) is 13.2 Å². The van der Waals surface area contributed by atoms with Gasteiger partial charge in [-0.2, -0.15) is 0 Å². The summed E-state index contributed by atoms with van der Waals surface area (Å²) >= 11 is 0. The predicted octanol–water partition coefficient (Wildman–Crippen LogP) is -1.55. The minimum Gasteiger partial charge on any atom is -0.328 e. The molecule has 0 spiro atoms. The van der Waals surface area contributed by atoms with Crippen LogP contribution in [0.5, 0.6) is 0 Å². The van der Waals surface area contributed by atoms with Crippen LogP contribution in [0.2, 0.25) is 0 Å². The summed E-state index contributed by atoms with van der Waals surface area (Å²) in [6, 6.07) is -0.400. The number of urea groups is 1. The van der Waals surface area contributed by atoms with E-state index in [1.54, 1.807) is 0 Å². The average Bonchev–Trinajstić information content (AvgIpc) is 2.12.